The molecular weight excluding hydrogens is 402 g/mol. The number of nitrogens with zero attached hydrogens (tertiary/aromatic N) is 3. The molecule has 6 heteroatoms. The fourth-order valence-electron chi connectivity index (χ4n) is 3.89. The van der Waals surface area contributed by atoms with Crippen molar-refractivity contribution < 1.29 is 14.1 Å². The number of ether oxygens (including phenoxy) is 1. The summed E-state index contributed by atoms with van der Waals surface area (Å²) < 4.78 is 11.2. The fraction of sp³-hybridized carbons (Fsp3) is 0.423. The molecule has 1 unspecified atom stereocenters. The van der Waals surface area contributed by atoms with Crippen molar-refractivity contribution in [1.82, 2.24) is 15.0 Å². The Morgan fingerprint density at radius 2 is 1.78 bits per heavy atom. The van der Waals surface area contributed by atoms with E-state index in [0.717, 1.165) is 16.9 Å². The van der Waals surface area contributed by atoms with E-state index in [4.69, 9.17) is 9.26 Å². The summed E-state index contributed by atoms with van der Waals surface area (Å²) >= 11 is 0. The van der Waals surface area contributed by atoms with Crippen molar-refractivity contribution in [2.75, 3.05) is 6.54 Å². The smallest absolute Gasteiger partial charge is 0.232 e. The van der Waals surface area contributed by atoms with Crippen LogP contribution in [-0.2, 0) is 16.8 Å². The topological polar surface area (TPSA) is 68.5 Å². The third-order valence-electron chi connectivity index (χ3n) is 5.68. The van der Waals surface area contributed by atoms with Crippen LogP contribution in [0.1, 0.15) is 64.0 Å². The minimum absolute atomic E-state index is 0.0823. The summed E-state index contributed by atoms with van der Waals surface area (Å²) in [7, 11) is 0. The molecule has 1 aliphatic rings. The summed E-state index contributed by atoms with van der Waals surface area (Å²) in [6.45, 7) is 11.7. The van der Waals surface area contributed by atoms with Gasteiger partial charge in [0.25, 0.3) is 0 Å². The molecule has 0 saturated carbocycles. The van der Waals surface area contributed by atoms with E-state index in [2.05, 4.69) is 43.0 Å². The number of rotatable bonds is 6. The number of carbonyl (C=O) groups excluding carboxylic acids is 1. The van der Waals surface area contributed by atoms with E-state index in [-0.39, 0.29) is 23.3 Å². The Hall–Kier alpha value is -3.15. The van der Waals surface area contributed by atoms with E-state index < -0.39 is 0 Å². The van der Waals surface area contributed by atoms with Crippen LogP contribution < -0.4 is 4.74 Å². The third kappa shape index (κ3) is 5.01. The van der Waals surface area contributed by atoms with Gasteiger partial charge in [0.15, 0.2) is 0 Å². The lowest BCUT2D eigenvalue weighted by atomic mass is 9.87. The number of hydrogen-bond acceptors (Lipinski definition) is 5. The molecule has 0 spiro atoms. The first kappa shape index (κ1) is 22.1. The highest BCUT2D eigenvalue weighted by Gasteiger charge is 2.34. The summed E-state index contributed by atoms with van der Waals surface area (Å²) in [5.41, 5.74) is 3.33. The molecule has 1 fully saturated rings. The lowest BCUT2D eigenvalue weighted by Crippen LogP contribution is -2.24. The van der Waals surface area contributed by atoms with E-state index in [1.54, 1.807) is 0 Å². The van der Waals surface area contributed by atoms with Gasteiger partial charge < -0.3 is 14.2 Å². The summed E-state index contributed by atoms with van der Waals surface area (Å²) in [5.74, 6) is 1.94. The van der Waals surface area contributed by atoms with Crippen molar-refractivity contribution in [3.63, 3.8) is 0 Å². The molecule has 1 saturated heterocycles. The maximum absolute atomic E-state index is 12.6. The Morgan fingerprint density at radius 3 is 2.41 bits per heavy atom. The molecule has 168 valence electrons. The van der Waals surface area contributed by atoms with Crippen LogP contribution in [0.2, 0.25) is 0 Å². The molecule has 0 radical (unpaired) electrons. The predicted molar refractivity (Wildman–Crippen MR) is 123 cm³/mol. The molecule has 2 heterocycles. The Bertz CT molecular complexity index is 1060. The quantitative estimate of drug-likeness (QED) is 0.525. The zero-order chi connectivity index (χ0) is 22.9. The molecule has 1 amide bonds. The van der Waals surface area contributed by atoms with Gasteiger partial charge in [-0.05, 0) is 42.5 Å². The van der Waals surface area contributed by atoms with Crippen molar-refractivity contribution in [2.24, 2.45) is 0 Å². The highest BCUT2D eigenvalue weighted by molar-refractivity contribution is 5.79. The van der Waals surface area contributed by atoms with Crippen LogP contribution in [0.4, 0.5) is 0 Å². The molecular formula is C26H31N3O3. The van der Waals surface area contributed by atoms with Crippen LogP contribution in [0.3, 0.4) is 0 Å². The van der Waals surface area contributed by atoms with Gasteiger partial charge in [0.05, 0.1) is 12.0 Å². The van der Waals surface area contributed by atoms with Crippen molar-refractivity contribution in [2.45, 2.75) is 65.0 Å². The van der Waals surface area contributed by atoms with Gasteiger partial charge >= 0.3 is 0 Å². The van der Waals surface area contributed by atoms with Crippen LogP contribution in [0.5, 0.6) is 5.75 Å². The molecule has 32 heavy (non-hydrogen) atoms. The van der Waals surface area contributed by atoms with E-state index >= 15 is 0 Å². The largest absolute Gasteiger partial charge is 0.491 e. The zero-order valence-corrected chi connectivity index (χ0v) is 19.5. The Morgan fingerprint density at radius 1 is 1.09 bits per heavy atom. The molecule has 1 aliphatic heterocycles. The Labute approximate surface area is 189 Å². The number of amides is 1. The van der Waals surface area contributed by atoms with Gasteiger partial charge in [0, 0.05) is 25.1 Å². The maximum Gasteiger partial charge on any atom is 0.232 e. The van der Waals surface area contributed by atoms with Gasteiger partial charge in [-0.25, -0.2) is 0 Å². The van der Waals surface area contributed by atoms with Crippen LogP contribution in [0.25, 0.3) is 11.4 Å². The summed E-state index contributed by atoms with van der Waals surface area (Å²) in [6, 6.07) is 16.1. The molecule has 3 aromatic rings. The Kier molecular flexibility index (Phi) is 6.04. The first-order chi connectivity index (χ1) is 15.2. The van der Waals surface area contributed by atoms with E-state index in [0.29, 0.717) is 31.2 Å². The summed E-state index contributed by atoms with van der Waals surface area (Å²) in [5, 5.41) is 4.16. The first-order valence-corrected chi connectivity index (χ1v) is 11.2. The van der Waals surface area contributed by atoms with Gasteiger partial charge in [-0.15, -0.1) is 0 Å². The molecule has 0 aliphatic carbocycles. The monoisotopic (exact) mass is 433 g/mol. The normalized spacial score (nSPS) is 16.8. The van der Waals surface area contributed by atoms with Crippen LogP contribution in [0.15, 0.2) is 53.1 Å². The van der Waals surface area contributed by atoms with E-state index in [1.165, 1.54) is 5.56 Å². The zero-order valence-electron chi connectivity index (χ0n) is 19.5. The molecule has 2 aromatic carbocycles. The second-order valence-electron chi connectivity index (χ2n) is 9.77. The van der Waals surface area contributed by atoms with E-state index in [9.17, 15) is 4.79 Å². The Balaban J connectivity index is 1.41. The van der Waals surface area contributed by atoms with Crippen LogP contribution in [0, 0.1) is 0 Å². The van der Waals surface area contributed by atoms with Gasteiger partial charge in [-0.2, -0.15) is 4.98 Å². The van der Waals surface area contributed by atoms with Gasteiger partial charge in [0.1, 0.15) is 5.75 Å². The summed E-state index contributed by atoms with van der Waals surface area (Å²) in [6.07, 6.45) is 0.525. The number of carbonyl (C=O) groups is 1. The fourth-order valence-corrected chi connectivity index (χ4v) is 3.89. The minimum Gasteiger partial charge on any atom is -0.491 e. The van der Waals surface area contributed by atoms with Gasteiger partial charge in [-0.3, -0.25) is 4.79 Å². The SMILES string of the molecule is CC(C)Oc1ccc(CN2CC(c3nc(-c4ccc(C(C)(C)C)cc4)no3)CC2=O)cc1. The van der Waals surface area contributed by atoms with Gasteiger partial charge in [0.2, 0.25) is 17.6 Å². The second-order valence-corrected chi connectivity index (χ2v) is 9.77. The molecule has 6 nitrogen and oxygen atoms in total. The third-order valence-corrected chi connectivity index (χ3v) is 5.68. The van der Waals surface area contributed by atoms with E-state index in [1.807, 2.05) is 55.1 Å². The van der Waals surface area contributed by atoms with Crippen molar-refractivity contribution in [3.8, 4) is 17.1 Å². The van der Waals surface area contributed by atoms with Crippen LogP contribution >= 0.6 is 0 Å². The standard InChI is InChI=1S/C26H31N3O3/c1-17(2)31-22-12-6-18(7-13-22)15-29-16-20(14-23(29)30)25-27-24(28-32-25)19-8-10-21(11-9-19)26(3,4)5/h6-13,17,20H,14-16H2,1-5H3. The average molecular weight is 434 g/mol. The molecule has 1 aromatic heterocycles. The summed E-state index contributed by atoms with van der Waals surface area (Å²) in [4.78, 5) is 19.0. The second kappa shape index (κ2) is 8.77. The minimum atomic E-state index is -0.0823. The lowest BCUT2D eigenvalue weighted by Gasteiger charge is -2.18. The average Bonchev–Trinajstić information content (AvgIpc) is 3.36. The number of likely N-dealkylation sites (tertiary alicyclic amines) is 1. The number of hydrogen-bond donors (Lipinski definition) is 0. The molecule has 4 rings (SSSR count). The maximum atomic E-state index is 12.6. The number of aromatic nitrogens is 2. The van der Waals surface area contributed by atoms with Crippen molar-refractivity contribution >= 4 is 5.91 Å². The lowest BCUT2D eigenvalue weighted by molar-refractivity contribution is -0.128. The van der Waals surface area contributed by atoms with Crippen molar-refractivity contribution in [3.05, 3.63) is 65.5 Å². The molecule has 0 N–H and O–H groups in total. The van der Waals surface area contributed by atoms with Crippen molar-refractivity contribution in [1.29, 1.82) is 0 Å². The first-order valence-electron chi connectivity index (χ1n) is 11.2. The van der Waals surface area contributed by atoms with Crippen LogP contribution in [-0.4, -0.2) is 33.6 Å². The highest BCUT2D eigenvalue weighted by Crippen LogP contribution is 2.31. The molecule has 0 bridgehead atoms. The predicted octanol–water partition coefficient (Wildman–Crippen LogP) is 5.34. The highest BCUT2D eigenvalue weighted by atomic mass is 16.5. The molecule has 1 atom stereocenters. The number of benzene rings is 2. The van der Waals surface area contributed by atoms with Gasteiger partial charge in [-0.1, -0.05) is 62.3 Å².